The van der Waals surface area contributed by atoms with Crippen molar-refractivity contribution in [3.8, 4) is 17.1 Å². The Bertz CT molecular complexity index is 1250. The summed E-state index contributed by atoms with van der Waals surface area (Å²) in [5, 5.41) is 7.17. The minimum absolute atomic E-state index is 0.0108. The molecule has 150 valence electrons. The molecule has 0 saturated heterocycles. The second kappa shape index (κ2) is 7.91. The van der Waals surface area contributed by atoms with E-state index >= 15 is 0 Å². The van der Waals surface area contributed by atoms with Crippen molar-refractivity contribution in [1.82, 2.24) is 14.8 Å². The predicted octanol–water partition coefficient (Wildman–Crippen LogP) is 5.25. The summed E-state index contributed by atoms with van der Waals surface area (Å²) in [6.07, 6.45) is 0. The quantitative estimate of drug-likeness (QED) is 0.509. The van der Waals surface area contributed by atoms with Crippen LogP contribution in [-0.4, -0.2) is 20.7 Å². The molecule has 3 aromatic carbocycles. The Morgan fingerprint density at radius 3 is 2.50 bits per heavy atom. The van der Waals surface area contributed by atoms with E-state index in [1.165, 1.54) is 18.2 Å². The van der Waals surface area contributed by atoms with Crippen LogP contribution in [0, 0.1) is 26.6 Å². The van der Waals surface area contributed by atoms with Gasteiger partial charge in [-0.3, -0.25) is 4.79 Å². The molecule has 1 amide bonds. The highest BCUT2D eigenvalue weighted by Gasteiger charge is 2.20. The van der Waals surface area contributed by atoms with E-state index in [2.05, 4.69) is 15.4 Å². The largest absolute Gasteiger partial charge is 0.319 e. The average Bonchev–Trinajstić information content (AvgIpc) is 3.15. The molecule has 0 spiro atoms. The van der Waals surface area contributed by atoms with Crippen LogP contribution in [0.5, 0.6) is 0 Å². The van der Waals surface area contributed by atoms with Crippen molar-refractivity contribution >= 4 is 11.6 Å². The van der Waals surface area contributed by atoms with E-state index in [4.69, 9.17) is 0 Å². The number of benzene rings is 3. The van der Waals surface area contributed by atoms with E-state index < -0.39 is 11.7 Å². The van der Waals surface area contributed by atoms with Crippen LogP contribution in [-0.2, 0) is 0 Å². The first-order valence-electron chi connectivity index (χ1n) is 9.60. The highest BCUT2D eigenvalue weighted by Crippen LogP contribution is 2.25. The molecular weight excluding hydrogens is 379 g/mol. The minimum Gasteiger partial charge on any atom is -0.319 e. The third kappa shape index (κ3) is 3.85. The number of aryl methyl sites for hydroxylation is 2. The Labute approximate surface area is 174 Å². The minimum atomic E-state index is -0.501. The Kier molecular flexibility index (Phi) is 5.14. The fraction of sp³-hybridized carbons (Fsp3) is 0.125. The molecule has 6 heteroatoms. The summed E-state index contributed by atoms with van der Waals surface area (Å²) < 4.78 is 15.2. The van der Waals surface area contributed by atoms with Crippen molar-refractivity contribution in [3.63, 3.8) is 0 Å². The van der Waals surface area contributed by atoms with Crippen molar-refractivity contribution in [2.75, 3.05) is 5.32 Å². The number of hydrogen-bond acceptors (Lipinski definition) is 3. The smallest absolute Gasteiger partial charge is 0.295 e. The van der Waals surface area contributed by atoms with E-state index in [0.29, 0.717) is 11.5 Å². The zero-order valence-electron chi connectivity index (χ0n) is 17.0. The van der Waals surface area contributed by atoms with Gasteiger partial charge in [0.15, 0.2) is 5.82 Å². The second-order valence-electron chi connectivity index (χ2n) is 7.22. The first-order valence-corrected chi connectivity index (χ1v) is 9.60. The lowest BCUT2D eigenvalue weighted by Crippen LogP contribution is -2.14. The molecule has 0 saturated carbocycles. The molecule has 1 N–H and O–H groups in total. The number of carbonyl (C=O) groups is 1. The summed E-state index contributed by atoms with van der Waals surface area (Å²) in [6.45, 7) is 6.04. The lowest BCUT2D eigenvalue weighted by atomic mass is 10.1. The fourth-order valence-electron chi connectivity index (χ4n) is 3.27. The zero-order chi connectivity index (χ0) is 21.3. The Morgan fingerprint density at radius 2 is 1.73 bits per heavy atom. The van der Waals surface area contributed by atoms with Gasteiger partial charge in [-0.1, -0.05) is 42.0 Å². The summed E-state index contributed by atoms with van der Waals surface area (Å²) in [5.74, 6) is -0.353. The van der Waals surface area contributed by atoms with Crippen molar-refractivity contribution in [2.45, 2.75) is 20.8 Å². The van der Waals surface area contributed by atoms with E-state index in [0.717, 1.165) is 27.9 Å². The van der Waals surface area contributed by atoms with Crippen molar-refractivity contribution < 1.29 is 9.18 Å². The molecule has 0 atom stereocenters. The average molecular weight is 400 g/mol. The zero-order valence-corrected chi connectivity index (χ0v) is 17.0. The van der Waals surface area contributed by atoms with Gasteiger partial charge in [0.25, 0.3) is 5.91 Å². The van der Waals surface area contributed by atoms with E-state index in [1.54, 1.807) is 10.7 Å². The number of carbonyl (C=O) groups excluding carboxylic acids is 1. The summed E-state index contributed by atoms with van der Waals surface area (Å²) in [4.78, 5) is 17.3. The van der Waals surface area contributed by atoms with Crippen molar-refractivity contribution in [2.24, 2.45) is 0 Å². The van der Waals surface area contributed by atoms with Gasteiger partial charge in [-0.25, -0.2) is 14.1 Å². The topological polar surface area (TPSA) is 59.8 Å². The monoisotopic (exact) mass is 400 g/mol. The third-order valence-corrected chi connectivity index (χ3v) is 4.97. The van der Waals surface area contributed by atoms with Gasteiger partial charge in [0.2, 0.25) is 5.82 Å². The molecule has 30 heavy (non-hydrogen) atoms. The molecule has 0 bridgehead atoms. The number of nitrogens with one attached hydrogen (secondary N) is 1. The van der Waals surface area contributed by atoms with Crippen LogP contribution in [0.15, 0.2) is 66.7 Å². The third-order valence-electron chi connectivity index (χ3n) is 4.97. The molecule has 0 aliphatic carbocycles. The van der Waals surface area contributed by atoms with Crippen LogP contribution in [0.2, 0.25) is 0 Å². The summed E-state index contributed by atoms with van der Waals surface area (Å²) in [5.41, 5.74) is 5.29. The molecule has 0 aliphatic rings. The first kappa shape index (κ1) is 19.5. The second-order valence-corrected chi connectivity index (χ2v) is 7.22. The van der Waals surface area contributed by atoms with Crippen LogP contribution in [0.3, 0.4) is 0 Å². The number of amides is 1. The molecule has 0 unspecified atom stereocenters. The van der Waals surface area contributed by atoms with Crippen molar-refractivity contribution in [1.29, 1.82) is 0 Å². The van der Waals surface area contributed by atoms with E-state index in [9.17, 15) is 9.18 Å². The van der Waals surface area contributed by atoms with Gasteiger partial charge in [-0.2, -0.15) is 0 Å². The highest BCUT2D eigenvalue weighted by molar-refractivity contribution is 6.01. The van der Waals surface area contributed by atoms with Crippen LogP contribution < -0.4 is 5.32 Å². The molecule has 0 fully saturated rings. The Balaban J connectivity index is 1.81. The number of rotatable bonds is 4. The van der Waals surface area contributed by atoms with Gasteiger partial charge >= 0.3 is 0 Å². The summed E-state index contributed by atoms with van der Waals surface area (Å²) in [7, 11) is 0. The molecule has 1 heterocycles. The normalized spacial score (nSPS) is 10.8. The van der Waals surface area contributed by atoms with E-state index in [-0.39, 0.29) is 5.82 Å². The van der Waals surface area contributed by atoms with Gasteiger partial charge in [0, 0.05) is 11.3 Å². The van der Waals surface area contributed by atoms with Crippen molar-refractivity contribution in [3.05, 3.63) is 95.1 Å². The Hall–Kier alpha value is -3.80. The van der Waals surface area contributed by atoms with Gasteiger partial charge in [0.1, 0.15) is 5.82 Å². The maximum Gasteiger partial charge on any atom is 0.295 e. The summed E-state index contributed by atoms with van der Waals surface area (Å²) in [6, 6.07) is 19.5. The standard InChI is InChI=1S/C24H21FN4O/c1-15-7-4-9-18(13-15)23-27-22(24(30)26-20-11-6-10-19(25)14-20)28-29(23)21-12-5-8-16(2)17(21)3/h4-14H,1-3H3,(H,26,30). The van der Waals surface area contributed by atoms with E-state index in [1.807, 2.05) is 63.2 Å². The molecule has 0 aliphatic heterocycles. The van der Waals surface area contributed by atoms with Gasteiger partial charge in [-0.15, -0.1) is 5.10 Å². The van der Waals surface area contributed by atoms with Gasteiger partial charge in [-0.05, 0) is 62.2 Å². The lowest BCUT2D eigenvalue weighted by Gasteiger charge is -2.11. The van der Waals surface area contributed by atoms with Crippen LogP contribution in [0.25, 0.3) is 17.1 Å². The highest BCUT2D eigenvalue weighted by atomic mass is 19.1. The van der Waals surface area contributed by atoms with Crippen LogP contribution >= 0.6 is 0 Å². The summed E-state index contributed by atoms with van der Waals surface area (Å²) >= 11 is 0. The molecule has 4 aromatic rings. The van der Waals surface area contributed by atoms with Crippen LogP contribution in [0.4, 0.5) is 10.1 Å². The lowest BCUT2D eigenvalue weighted by molar-refractivity contribution is 0.101. The molecular formula is C24H21FN4O. The number of nitrogens with zero attached hydrogens (tertiary/aromatic N) is 3. The fourth-order valence-corrected chi connectivity index (χ4v) is 3.27. The first-order chi connectivity index (χ1) is 14.4. The Morgan fingerprint density at radius 1 is 0.967 bits per heavy atom. The van der Waals surface area contributed by atoms with Crippen LogP contribution in [0.1, 0.15) is 27.3 Å². The number of aromatic nitrogens is 3. The number of halogens is 1. The maximum atomic E-state index is 13.5. The molecule has 4 rings (SSSR count). The van der Waals surface area contributed by atoms with Gasteiger partial charge < -0.3 is 5.32 Å². The molecule has 0 radical (unpaired) electrons. The molecule has 1 aromatic heterocycles. The SMILES string of the molecule is Cc1cccc(-c2nc(C(=O)Nc3cccc(F)c3)nn2-c2cccc(C)c2C)c1. The predicted molar refractivity (Wildman–Crippen MR) is 115 cm³/mol. The maximum absolute atomic E-state index is 13.5. The molecule has 5 nitrogen and oxygen atoms in total. The number of anilines is 1. The van der Waals surface area contributed by atoms with Gasteiger partial charge in [0.05, 0.1) is 5.69 Å². The number of hydrogen-bond donors (Lipinski definition) is 1.